The van der Waals surface area contributed by atoms with Crippen molar-refractivity contribution in [3.8, 4) is 0 Å². The predicted molar refractivity (Wildman–Crippen MR) is 95.4 cm³/mol. The third-order valence-corrected chi connectivity index (χ3v) is 4.12. The summed E-state index contributed by atoms with van der Waals surface area (Å²) >= 11 is 0. The van der Waals surface area contributed by atoms with Gasteiger partial charge in [-0.25, -0.2) is 9.97 Å². The summed E-state index contributed by atoms with van der Waals surface area (Å²) in [6.45, 7) is 1.65. The monoisotopic (exact) mass is 333 g/mol. The molecule has 1 amide bonds. The number of para-hydroxylation sites is 3. The Morgan fingerprint density at radius 1 is 1.12 bits per heavy atom. The van der Waals surface area contributed by atoms with Crippen LogP contribution in [-0.4, -0.2) is 25.4 Å². The van der Waals surface area contributed by atoms with Gasteiger partial charge < -0.3 is 4.98 Å². The Kier molecular flexibility index (Phi) is 3.53. The highest BCUT2D eigenvalue weighted by Gasteiger charge is 2.19. The first-order valence-corrected chi connectivity index (χ1v) is 7.85. The molecule has 0 aliphatic heterocycles. The second-order valence-corrected chi connectivity index (χ2v) is 5.74. The molecule has 2 aromatic heterocycles. The Balaban J connectivity index is 1.64. The van der Waals surface area contributed by atoms with Crippen molar-refractivity contribution in [2.75, 3.05) is 5.32 Å². The quantitative estimate of drug-likeness (QED) is 0.602. The SMILES string of the molecule is CC(C(=O)Nc1nc2ccccc2[nH]1)n1cnc2ccccc2c1=O. The van der Waals surface area contributed by atoms with E-state index in [-0.39, 0.29) is 11.5 Å². The zero-order valence-electron chi connectivity index (χ0n) is 13.4. The van der Waals surface area contributed by atoms with Gasteiger partial charge in [-0.15, -0.1) is 0 Å². The Hall–Kier alpha value is -3.48. The van der Waals surface area contributed by atoms with E-state index in [2.05, 4.69) is 20.3 Å². The van der Waals surface area contributed by atoms with Crippen LogP contribution >= 0.6 is 0 Å². The highest BCUT2D eigenvalue weighted by molar-refractivity contribution is 5.93. The maximum absolute atomic E-state index is 12.6. The van der Waals surface area contributed by atoms with Crippen LogP contribution in [0.2, 0.25) is 0 Å². The first kappa shape index (κ1) is 15.1. The first-order valence-electron chi connectivity index (χ1n) is 7.85. The average Bonchev–Trinajstić information content (AvgIpc) is 3.04. The minimum atomic E-state index is -0.724. The van der Waals surface area contributed by atoms with E-state index in [1.165, 1.54) is 10.9 Å². The molecular weight excluding hydrogens is 318 g/mol. The lowest BCUT2D eigenvalue weighted by molar-refractivity contribution is -0.118. The Bertz CT molecular complexity index is 1110. The fourth-order valence-corrected chi connectivity index (χ4v) is 2.72. The van der Waals surface area contributed by atoms with Crippen LogP contribution in [0.25, 0.3) is 21.9 Å². The minimum Gasteiger partial charge on any atom is -0.324 e. The van der Waals surface area contributed by atoms with Crippen molar-refractivity contribution in [1.82, 2.24) is 19.5 Å². The number of anilines is 1. The molecule has 25 heavy (non-hydrogen) atoms. The molecule has 0 saturated heterocycles. The largest absolute Gasteiger partial charge is 0.324 e. The van der Waals surface area contributed by atoms with Crippen LogP contribution < -0.4 is 10.9 Å². The second kappa shape index (κ2) is 5.86. The van der Waals surface area contributed by atoms with Crippen molar-refractivity contribution in [2.45, 2.75) is 13.0 Å². The summed E-state index contributed by atoms with van der Waals surface area (Å²) in [6, 6.07) is 13.8. The van der Waals surface area contributed by atoms with Crippen LogP contribution in [0.15, 0.2) is 59.7 Å². The lowest BCUT2D eigenvalue weighted by Gasteiger charge is -2.14. The van der Waals surface area contributed by atoms with Gasteiger partial charge in [-0.3, -0.25) is 19.5 Å². The topological polar surface area (TPSA) is 92.7 Å². The molecule has 0 aliphatic rings. The molecule has 0 saturated carbocycles. The molecule has 0 radical (unpaired) electrons. The summed E-state index contributed by atoms with van der Waals surface area (Å²) in [5, 5.41) is 3.19. The van der Waals surface area contributed by atoms with Crippen LogP contribution in [0.1, 0.15) is 13.0 Å². The number of hydrogen-bond donors (Lipinski definition) is 2. The molecule has 1 atom stereocenters. The van der Waals surface area contributed by atoms with E-state index in [0.29, 0.717) is 16.9 Å². The number of carbonyl (C=O) groups is 1. The summed E-state index contributed by atoms with van der Waals surface area (Å²) in [7, 11) is 0. The molecule has 2 N–H and O–H groups in total. The van der Waals surface area contributed by atoms with Crippen LogP contribution in [0.5, 0.6) is 0 Å². The second-order valence-electron chi connectivity index (χ2n) is 5.74. The molecule has 4 aromatic rings. The van der Waals surface area contributed by atoms with Gasteiger partial charge in [0.2, 0.25) is 11.9 Å². The van der Waals surface area contributed by atoms with E-state index in [1.54, 1.807) is 25.1 Å². The molecular formula is C18H15N5O2. The molecule has 0 bridgehead atoms. The molecule has 124 valence electrons. The smallest absolute Gasteiger partial charge is 0.261 e. The number of benzene rings is 2. The third-order valence-electron chi connectivity index (χ3n) is 4.12. The predicted octanol–water partition coefficient (Wildman–Crippen LogP) is 2.47. The number of aromatic nitrogens is 4. The van der Waals surface area contributed by atoms with E-state index in [9.17, 15) is 9.59 Å². The molecule has 1 unspecified atom stereocenters. The molecule has 2 aromatic carbocycles. The Morgan fingerprint density at radius 3 is 2.64 bits per heavy atom. The third kappa shape index (κ3) is 2.65. The summed E-state index contributed by atoms with van der Waals surface area (Å²) in [5.74, 6) is -0.00177. The Morgan fingerprint density at radius 2 is 1.84 bits per heavy atom. The number of nitrogens with zero attached hydrogens (tertiary/aromatic N) is 3. The van der Waals surface area contributed by atoms with Gasteiger partial charge in [-0.1, -0.05) is 24.3 Å². The fraction of sp³-hybridized carbons (Fsp3) is 0.111. The zero-order chi connectivity index (χ0) is 17.4. The number of imidazole rings is 1. The van der Waals surface area contributed by atoms with E-state index < -0.39 is 6.04 Å². The molecule has 4 rings (SSSR count). The van der Waals surface area contributed by atoms with Crippen molar-refractivity contribution in [3.63, 3.8) is 0 Å². The molecule has 0 fully saturated rings. The minimum absolute atomic E-state index is 0.252. The molecule has 2 heterocycles. The molecule has 7 nitrogen and oxygen atoms in total. The number of nitrogens with one attached hydrogen (secondary N) is 2. The van der Waals surface area contributed by atoms with Gasteiger partial charge in [0.1, 0.15) is 6.04 Å². The molecule has 7 heteroatoms. The Labute approximate surface area is 142 Å². The zero-order valence-corrected chi connectivity index (χ0v) is 13.4. The highest BCUT2D eigenvalue weighted by Crippen LogP contribution is 2.15. The first-order chi connectivity index (χ1) is 12.1. The van der Waals surface area contributed by atoms with Gasteiger partial charge in [-0.2, -0.15) is 0 Å². The maximum atomic E-state index is 12.6. The van der Waals surface area contributed by atoms with Crippen LogP contribution in [0, 0.1) is 0 Å². The van der Waals surface area contributed by atoms with Crippen molar-refractivity contribution in [2.24, 2.45) is 0 Å². The number of fused-ring (bicyclic) bond motifs is 2. The summed E-state index contributed by atoms with van der Waals surface area (Å²) in [6.07, 6.45) is 1.40. The van der Waals surface area contributed by atoms with Gasteiger partial charge >= 0.3 is 0 Å². The van der Waals surface area contributed by atoms with E-state index in [0.717, 1.165) is 11.0 Å². The number of amides is 1. The fourth-order valence-electron chi connectivity index (χ4n) is 2.72. The lowest BCUT2D eigenvalue weighted by atomic mass is 10.2. The van der Waals surface area contributed by atoms with Gasteiger partial charge in [0.25, 0.3) is 5.56 Å². The van der Waals surface area contributed by atoms with Crippen LogP contribution in [-0.2, 0) is 4.79 Å². The van der Waals surface area contributed by atoms with E-state index in [1.807, 2.05) is 30.3 Å². The average molecular weight is 333 g/mol. The van der Waals surface area contributed by atoms with E-state index in [4.69, 9.17) is 0 Å². The summed E-state index contributed by atoms with van der Waals surface area (Å²) in [5.41, 5.74) is 1.94. The van der Waals surface area contributed by atoms with Crippen molar-refractivity contribution < 1.29 is 4.79 Å². The summed E-state index contributed by atoms with van der Waals surface area (Å²) < 4.78 is 1.32. The number of hydrogen-bond acceptors (Lipinski definition) is 4. The highest BCUT2D eigenvalue weighted by atomic mass is 16.2. The van der Waals surface area contributed by atoms with Gasteiger partial charge in [0.05, 0.1) is 28.3 Å². The van der Waals surface area contributed by atoms with E-state index >= 15 is 0 Å². The molecule has 0 aliphatic carbocycles. The standard InChI is InChI=1S/C18H15N5O2/c1-11(23-10-19-13-7-3-2-6-12(13)17(23)25)16(24)22-18-20-14-8-4-5-9-15(14)21-18/h2-11H,1H3,(H2,20,21,22,24). The lowest BCUT2D eigenvalue weighted by Crippen LogP contribution is -2.32. The van der Waals surface area contributed by atoms with Crippen LogP contribution in [0.3, 0.4) is 0 Å². The van der Waals surface area contributed by atoms with Crippen molar-refractivity contribution in [3.05, 3.63) is 65.2 Å². The van der Waals surface area contributed by atoms with Crippen molar-refractivity contribution in [1.29, 1.82) is 0 Å². The number of carbonyl (C=O) groups excluding carboxylic acids is 1. The van der Waals surface area contributed by atoms with Gasteiger partial charge in [-0.05, 0) is 31.2 Å². The maximum Gasteiger partial charge on any atom is 0.261 e. The van der Waals surface area contributed by atoms with Gasteiger partial charge in [0, 0.05) is 0 Å². The molecule has 0 spiro atoms. The van der Waals surface area contributed by atoms with Crippen LogP contribution in [0.4, 0.5) is 5.95 Å². The normalized spacial score (nSPS) is 12.4. The number of H-pyrrole nitrogens is 1. The number of rotatable bonds is 3. The number of aromatic amines is 1. The van der Waals surface area contributed by atoms with Crippen molar-refractivity contribution >= 4 is 33.8 Å². The summed E-state index contributed by atoms with van der Waals surface area (Å²) in [4.78, 5) is 36.7. The van der Waals surface area contributed by atoms with Gasteiger partial charge in [0.15, 0.2) is 0 Å².